The molecule has 54 valence electrons. The van der Waals surface area contributed by atoms with E-state index >= 15 is 0 Å². The molecule has 1 aromatic rings. The van der Waals surface area contributed by atoms with E-state index in [4.69, 9.17) is 0 Å². The Kier molecular flexibility index (Phi) is 1.71. The number of aromatic nitrogens is 2. The minimum absolute atomic E-state index is 0.0262. The molecule has 1 rings (SSSR count). The molecule has 1 heterocycles. The van der Waals surface area contributed by atoms with Crippen molar-refractivity contribution < 1.29 is 4.79 Å². The Morgan fingerprint density at radius 1 is 1.80 bits per heavy atom. The molecule has 10 heavy (non-hydrogen) atoms. The van der Waals surface area contributed by atoms with E-state index in [1.54, 1.807) is 6.20 Å². The fraction of sp³-hybridized carbons (Fsp3) is 0.333. The van der Waals surface area contributed by atoms with E-state index in [-0.39, 0.29) is 18.0 Å². The van der Waals surface area contributed by atoms with Gasteiger partial charge in [-0.15, -0.1) is 0 Å². The minimum atomic E-state index is -0.241. The lowest BCUT2D eigenvalue weighted by atomic mass is 10.4. The molecule has 4 nitrogen and oxygen atoms in total. The highest BCUT2D eigenvalue weighted by molar-refractivity contribution is 5.75. The van der Waals surface area contributed by atoms with Gasteiger partial charge in [-0.05, 0) is 6.92 Å². The second-order valence-electron chi connectivity index (χ2n) is 2.10. The zero-order valence-electron chi connectivity index (χ0n) is 5.63. The summed E-state index contributed by atoms with van der Waals surface area (Å²) in [6, 6.07) is 0. The van der Waals surface area contributed by atoms with Gasteiger partial charge in [0, 0.05) is 12.4 Å². The van der Waals surface area contributed by atoms with Crippen molar-refractivity contribution in [3.05, 3.63) is 22.9 Å². The van der Waals surface area contributed by atoms with Crippen LogP contribution >= 0.6 is 0 Å². The van der Waals surface area contributed by atoms with E-state index in [0.29, 0.717) is 0 Å². The van der Waals surface area contributed by atoms with Crippen LogP contribution < -0.4 is 5.69 Å². The largest absolute Gasteiger partial charge is 0.325 e. The molecule has 0 amide bonds. The first-order valence-electron chi connectivity index (χ1n) is 2.93. The van der Waals surface area contributed by atoms with Gasteiger partial charge in [-0.3, -0.25) is 9.36 Å². The molecule has 0 saturated carbocycles. The van der Waals surface area contributed by atoms with Crippen LogP contribution in [0.2, 0.25) is 0 Å². The van der Waals surface area contributed by atoms with Gasteiger partial charge >= 0.3 is 5.69 Å². The molecule has 1 N–H and O–H groups in total. The van der Waals surface area contributed by atoms with E-state index in [9.17, 15) is 9.59 Å². The maximum absolute atomic E-state index is 10.7. The molecule has 0 aliphatic carbocycles. The molecule has 4 heteroatoms. The Bertz CT molecular complexity index is 284. The highest BCUT2D eigenvalue weighted by atomic mass is 16.2. The number of rotatable bonds is 2. The molecule has 0 bridgehead atoms. The third kappa shape index (κ3) is 1.34. The van der Waals surface area contributed by atoms with Gasteiger partial charge in [0.2, 0.25) is 0 Å². The standard InChI is InChI=1S/C6H8N2O2/c1-5(9)4-8-3-2-7-6(8)10/h2-3H,4H2,1H3,(H,7,10). The normalized spacial score (nSPS) is 9.70. The van der Waals surface area contributed by atoms with Gasteiger partial charge in [0.05, 0.1) is 6.54 Å². The van der Waals surface area contributed by atoms with Crippen LogP contribution in [0.25, 0.3) is 0 Å². The summed E-state index contributed by atoms with van der Waals surface area (Å²) >= 11 is 0. The van der Waals surface area contributed by atoms with Crippen LogP contribution in [0, 0.1) is 0 Å². The van der Waals surface area contributed by atoms with Crippen LogP contribution in [0.1, 0.15) is 6.92 Å². The quantitative estimate of drug-likeness (QED) is 0.616. The lowest BCUT2D eigenvalue weighted by Crippen LogP contribution is -2.19. The number of nitrogens with zero attached hydrogens (tertiary/aromatic N) is 1. The Hall–Kier alpha value is -1.32. The topological polar surface area (TPSA) is 54.9 Å². The van der Waals surface area contributed by atoms with Crippen molar-refractivity contribution in [2.45, 2.75) is 13.5 Å². The highest BCUT2D eigenvalue weighted by Gasteiger charge is 1.97. The maximum Gasteiger partial charge on any atom is 0.325 e. The van der Waals surface area contributed by atoms with Crippen molar-refractivity contribution in [1.82, 2.24) is 9.55 Å². The summed E-state index contributed by atoms with van der Waals surface area (Å²) in [6.07, 6.45) is 3.05. The first-order chi connectivity index (χ1) is 4.70. The molecule has 1 aromatic heterocycles. The van der Waals surface area contributed by atoms with Crippen LogP contribution in [0.4, 0.5) is 0 Å². The minimum Gasteiger partial charge on any atom is -0.313 e. The van der Waals surface area contributed by atoms with Crippen molar-refractivity contribution in [2.24, 2.45) is 0 Å². The third-order valence-electron chi connectivity index (χ3n) is 1.12. The molecule has 0 aliphatic rings. The predicted molar refractivity (Wildman–Crippen MR) is 35.7 cm³/mol. The number of aromatic amines is 1. The zero-order chi connectivity index (χ0) is 7.56. The molecule has 0 unspecified atom stereocenters. The Balaban J connectivity index is 2.85. The number of ketones is 1. The number of hydrogen-bond acceptors (Lipinski definition) is 2. The number of H-pyrrole nitrogens is 1. The number of Topliss-reactive ketones (excluding diaryl/α,β-unsaturated/α-hetero) is 1. The van der Waals surface area contributed by atoms with Crippen molar-refractivity contribution in [2.75, 3.05) is 0 Å². The van der Waals surface area contributed by atoms with Crippen LogP contribution in [-0.2, 0) is 11.3 Å². The number of nitrogens with one attached hydrogen (secondary N) is 1. The van der Waals surface area contributed by atoms with Crippen molar-refractivity contribution in [3.63, 3.8) is 0 Å². The SMILES string of the molecule is CC(=O)Cn1cc[nH]c1=O. The second kappa shape index (κ2) is 2.51. The van der Waals surface area contributed by atoms with Gasteiger partial charge in [0.25, 0.3) is 0 Å². The molecule has 0 saturated heterocycles. The summed E-state index contributed by atoms with van der Waals surface area (Å²) in [5.74, 6) is -0.0262. The lowest BCUT2D eigenvalue weighted by Gasteiger charge is -1.92. The summed E-state index contributed by atoms with van der Waals surface area (Å²) in [6.45, 7) is 1.60. The van der Waals surface area contributed by atoms with E-state index in [1.807, 2.05) is 0 Å². The Labute approximate surface area is 57.5 Å². The molecule has 0 spiro atoms. The van der Waals surface area contributed by atoms with Crippen LogP contribution in [-0.4, -0.2) is 15.3 Å². The van der Waals surface area contributed by atoms with Gasteiger partial charge in [0.1, 0.15) is 5.78 Å². The summed E-state index contributed by atoms with van der Waals surface area (Å²) < 4.78 is 1.32. The van der Waals surface area contributed by atoms with E-state index in [0.717, 1.165) is 0 Å². The van der Waals surface area contributed by atoms with Crippen molar-refractivity contribution in [1.29, 1.82) is 0 Å². The molecule has 0 aliphatic heterocycles. The summed E-state index contributed by atoms with van der Waals surface area (Å²) in [4.78, 5) is 23.6. The molecule has 0 fully saturated rings. The first kappa shape index (κ1) is 6.80. The van der Waals surface area contributed by atoms with E-state index < -0.39 is 0 Å². The molecule has 0 aromatic carbocycles. The number of hydrogen-bond donors (Lipinski definition) is 1. The monoisotopic (exact) mass is 140 g/mol. The highest BCUT2D eigenvalue weighted by Crippen LogP contribution is 1.79. The molecular formula is C6H8N2O2. The molecule has 0 radical (unpaired) electrons. The van der Waals surface area contributed by atoms with Crippen molar-refractivity contribution >= 4 is 5.78 Å². The zero-order valence-corrected chi connectivity index (χ0v) is 5.63. The fourth-order valence-electron chi connectivity index (χ4n) is 0.714. The molecular weight excluding hydrogens is 132 g/mol. The Morgan fingerprint density at radius 3 is 2.90 bits per heavy atom. The molecule has 0 atom stereocenters. The summed E-state index contributed by atoms with van der Waals surface area (Å²) in [7, 11) is 0. The average molecular weight is 140 g/mol. The van der Waals surface area contributed by atoms with Crippen molar-refractivity contribution in [3.8, 4) is 0 Å². The maximum atomic E-state index is 10.7. The van der Waals surface area contributed by atoms with Gasteiger partial charge < -0.3 is 4.98 Å². The first-order valence-corrected chi connectivity index (χ1v) is 2.93. The third-order valence-corrected chi connectivity index (χ3v) is 1.12. The smallest absolute Gasteiger partial charge is 0.313 e. The summed E-state index contributed by atoms with van der Waals surface area (Å²) in [5.41, 5.74) is -0.241. The van der Waals surface area contributed by atoms with Gasteiger partial charge in [-0.25, -0.2) is 4.79 Å². The van der Waals surface area contributed by atoms with Crippen LogP contribution in [0.3, 0.4) is 0 Å². The van der Waals surface area contributed by atoms with E-state index in [1.165, 1.54) is 17.7 Å². The second-order valence-corrected chi connectivity index (χ2v) is 2.10. The predicted octanol–water partition coefficient (Wildman–Crippen LogP) is -0.235. The van der Waals surface area contributed by atoms with Crippen LogP contribution in [0.5, 0.6) is 0 Å². The fourth-order valence-corrected chi connectivity index (χ4v) is 0.714. The average Bonchev–Trinajstić information content (AvgIpc) is 2.15. The van der Waals surface area contributed by atoms with E-state index in [2.05, 4.69) is 4.98 Å². The van der Waals surface area contributed by atoms with Crippen LogP contribution in [0.15, 0.2) is 17.2 Å². The van der Waals surface area contributed by atoms with Gasteiger partial charge in [-0.1, -0.05) is 0 Å². The number of imidazole rings is 1. The number of carbonyl (C=O) groups is 1. The summed E-state index contributed by atoms with van der Waals surface area (Å²) in [5, 5.41) is 0. The number of carbonyl (C=O) groups excluding carboxylic acids is 1. The lowest BCUT2D eigenvalue weighted by molar-refractivity contribution is -0.117. The van der Waals surface area contributed by atoms with Gasteiger partial charge in [0.15, 0.2) is 0 Å². The van der Waals surface area contributed by atoms with Gasteiger partial charge in [-0.2, -0.15) is 0 Å². The Morgan fingerprint density at radius 2 is 2.50 bits per heavy atom.